The summed E-state index contributed by atoms with van der Waals surface area (Å²) >= 11 is 5.75. The van der Waals surface area contributed by atoms with Gasteiger partial charge in [-0.15, -0.1) is 0 Å². The third-order valence-electron chi connectivity index (χ3n) is 5.38. The molecule has 0 fully saturated rings. The average molecular weight is 440 g/mol. The Kier molecular flexibility index (Phi) is 5.47. The monoisotopic (exact) mass is 439 g/mol. The van der Waals surface area contributed by atoms with Gasteiger partial charge in [-0.2, -0.15) is 5.10 Å². The van der Waals surface area contributed by atoms with Gasteiger partial charge in [0.05, 0.1) is 35.7 Å². The third kappa shape index (κ3) is 4.02. The molecule has 1 atom stereocenters. The molecule has 6 nitrogen and oxygen atoms in total. The number of thiocarbonyl (C=S) groups is 1. The zero-order valence-corrected chi connectivity index (χ0v) is 18.3. The lowest BCUT2D eigenvalue weighted by Gasteiger charge is -2.24. The van der Waals surface area contributed by atoms with Gasteiger partial charge in [-0.25, -0.2) is 9.99 Å². The van der Waals surface area contributed by atoms with Crippen molar-refractivity contribution in [2.75, 3.05) is 12.4 Å². The molecular formula is C25H21N5OS. The first-order valence-electron chi connectivity index (χ1n) is 10.3. The van der Waals surface area contributed by atoms with Gasteiger partial charge < -0.3 is 10.1 Å². The molecule has 4 aromatic rings. The Morgan fingerprint density at radius 1 is 0.969 bits per heavy atom. The smallest absolute Gasteiger partial charge is 0.194 e. The molecule has 32 heavy (non-hydrogen) atoms. The summed E-state index contributed by atoms with van der Waals surface area (Å²) in [5, 5.41) is 10.5. The van der Waals surface area contributed by atoms with Crippen LogP contribution in [0.2, 0.25) is 0 Å². The normalized spacial score (nSPS) is 15.5. The first-order valence-corrected chi connectivity index (χ1v) is 10.7. The van der Waals surface area contributed by atoms with E-state index in [9.17, 15) is 0 Å². The molecule has 2 heterocycles. The van der Waals surface area contributed by atoms with Crippen molar-refractivity contribution in [2.24, 2.45) is 5.10 Å². The Morgan fingerprint density at radius 3 is 2.44 bits per heavy atom. The Hall–Kier alpha value is -3.84. The number of ether oxygens (including phenoxy) is 1. The third-order valence-corrected chi connectivity index (χ3v) is 5.66. The maximum Gasteiger partial charge on any atom is 0.194 e. The van der Waals surface area contributed by atoms with Gasteiger partial charge in [-0.1, -0.05) is 30.3 Å². The number of benzene rings is 3. The highest BCUT2D eigenvalue weighted by Crippen LogP contribution is 2.33. The van der Waals surface area contributed by atoms with Crippen LogP contribution in [-0.2, 0) is 0 Å². The minimum Gasteiger partial charge on any atom is -0.497 e. The van der Waals surface area contributed by atoms with E-state index >= 15 is 0 Å². The highest BCUT2D eigenvalue weighted by molar-refractivity contribution is 7.80. The SMILES string of the molecule is COc1ccc(C2=NN(C(=S)Nc3ccccc3)C(c3cnc4ccccc4n3)C2)cc1. The summed E-state index contributed by atoms with van der Waals surface area (Å²) in [4.78, 5) is 9.47. The molecule has 1 aromatic heterocycles. The largest absolute Gasteiger partial charge is 0.497 e. The van der Waals surface area contributed by atoms with Gasteiger partial charge >= 0.3 is 0 Å². The van der Waals surface area contributed by atoms with Gasteiger partial charge in [0.15, 0.2) is 5.11 Å². The maximum absolute atomic E-state index is 5.75. The van der Waals surface area contributed by atoms with Gasteiger partial charge in [0.25, 0.3) is 0 Å². The molecule has 1 aliphatic rings. The van der Waals surface area contributed by atoms with Crippen molar-refractivity contribution in [3.05, 3.63) is 96.3 Å². The van der Waals surface area contributed by atoms with Gasteiger partial charge in [0.2, 0.25) is 0 Å². The van der Waals surface area contributed by atoms with Gasteiger partial charge in [-0.3, -0.25) is 4.98 Å². The van der Waals surface area contributed by atoms with Crippen LogP contribution in [0, 0.1) is 0 Å². The van der Waals surface area contributed by atoms with Crippen LogP contribution in [0.15, 0.2) is 90.2 Å². The molecular weight excluding hydrogens is 418 g/mol. The molecule has 0 saturated carbocycles. The predicted octanol–water partition coefficient (Wildman–Crippen LogP) is 5.19. The number of nitrogens with zero attached hydrogens (tertiary/aromatic N) is 4. The number of anilines is 1. The molecule has 0 saturated heterocycles. The van der Waals surface area contributed by atoms with Crippen LogP contribution < -0.4 is 10.1 Å². The molecule has 1 N–H and O–H groups in total. The molecule has 5 rings (SSSR count). The van der Waals surface area contributed by atoms with E-state index in [0.29, 0.717) is 11.5 Å². The van der Waals surface area contributed by atoms with Crippen LogP contribution >= 0.6 is 12.2 Å². The number of methoxy groups -OCH3 is 1. The van der Waals surface area contributed by atoms with E-state index in [0.717, 1.165) is 39.4 Å². The summed E-state index contributed by atoms with van der Waals surface area (Å²) in [5.74, 6) is 0.808. The van der Waals surface area contributed by atoms with Crippen LogP contribution in [0.4, 0.5) is 5.69 Å². The standard InChI is InChI=1S/C25H21N5OS/c1-31-19-13-11-17(12-14-19)22-15-24(23-16-26-20-9-5-6-10-21(20)28-23)30(29-22)25(32)27-18-7-3-2-4-8-18/h2-14,16,24H,15H2,1H3,(H,27,32). The van der Waals surface area contributed by atoms with E-state index in [1.54, 1.807) is 7.11 Å². The van der Waals surface area contributed by atoms with Gasteiger partial charge in [-0.05, 0) is 66.3 Å². The number of rotatable bonds is 4. The van der Waals surface area contributed by atoms with Crippen LogP contribution in [-0.4, -0.2) is 32.9 Å². The highest BCUT2D eigenvalue weighted by Gasteiger charge is 2.33. The van der Waals surface area contributed by atoms with Crippen LogP contribution in [0.25, 0.3) is 11.0 Å². The summed E-state index contributed by atoms with van der Waals surface area (Å²) in [7, 11) is 1.66. The van der Waals surface area contributed by atoms with E-state index < -0.39 is 0 Å². The molecule has 0 bridgehead atoms. The Bertz CT molecular complexity index is 1290. The van der Waals surface area contributed by atoms with Crippen LogP contribution in [0.1, 0.15) is 23.7 Å². The lowest BCUT2D eigenvalue weighted by molar-refractivity contribution is 0.368. The average Bonchev–Trinajstić information content (AvgIpc) is 3.30. The lowest BCUT2D eigenvalue weighted by Crippen LogP contribution is -2.31. The zero-order chi connectivity index (χ0) is 21.9. The fourth-order valence-corrected chi connectivity index (χ4v) is 4.01. The zero-order valence-electron chi connectivity index (χ0n) is 17.5. The Balaban J connectivity index is 1.50. The molecule has 1 aliphatic heterocycles. The van der Waals surface area contributed by atoms with Crippen molar-refractivity contribution >= 4 is 39.8 Å². The first-order chi connectivity index (χ1) is 15.7. The summed E-state index contributed by atoms with van der Waals surface area (Å²) in [6.45, 7) is 0. The molecule has 0 aliphatic carbocycles. The summed E-state index contributed by atoms with van der Waals surface area (Å²) in [6, 6.07) is 25.4. The molecule has 0 radical (unpaired) electrons. The van der Waals surface area contributed by atoms with Crippen LogP contribution in [0.5, 0.6) is 5.75 Å². The van der Waals surface area contributed by atoms with Crippen LogP contribution in [0.3, 0.4) is 0 Å². The highest BCUT2D eigenvalue weighted by atomic mass is 32.1. The van der Waals surface area contributed by atoms with Crippen molar-refractivity contribution in [3.63, 3.8) is 0 Å². The molecule has 1 unspecified atom stereocenters. The van der Waals surface area contributed by atoms with Crippen molar-refractivity contribution in [2.45, 2.75) is 12.5 Å². The number of fused-ring (bicyclic) bond motifs is 1. The second-order valence-electron chi connectivity index (χ2n) is 7.42. The Morgan fingerprint density at radius 2 is 1.69 bits per heavy atom. The van der Waals surface area contributed by atoms with E-state index in [-0.39, 0.29) is 6.04 Å². The number of aromatic nitrogens is 2. The summed E-state index contributed by atoms with van der Waals surface area (Å²) < 4.78 is 5.29. The molecule has 3 aromatic carbocycles. The maximum atomic E-state index is 5.75. The number of hydrazone groups is 1. The fourth-order valence-electron chi connectivity index (χ4n) is 3.72. The minimum atomic E-state index is -0.159. The molecule has 0 amide bonds. The quantitative estimate of drug-likeness (QED) is 0.442. The van der Waals surface area contributed by atoms with Crippen molar-refractivity contribution < 1.29 is 4.74 Å². The molecule has 0 spiro atoms. The topological polar surface area (TPSA) is 62.6 Å². The van der Waals surface area contributed by atoms with E-state index in [1.807, 2.05) is 90.1 Å². The summed E-state index contributed by atoms with van der Waals surface area (Å²) in [6.07, 6.45) is 2.48. The molecule has 158 valence electrons. The number of para-hydroxylation sites is 3. The lowest BCUT2D eigenvalue weighted by atomic mass is 10.0. The minimum absolute atomic E-state index is 0.159. The van der Waals surface area contributed by atoms with E-state index in [4.69, 9.17) is 27.0 Å². The van der Waals surface area contributed by atoms with Gasteiger partial charge in [0.1, 0.15) is 11.8 Å². The van der Waals surface area contributed by atoms with Gasteiger partial charge in [0, 0.05) is 12.1 Å². The second-order valence-corrected chi connectivity index (χ2v) is 7.81. The van der Waals surface area contributed by atoms with Crippen molar-refractivity contribution in [1.29, 1.82) is 0 Å². The summed E-state index contributed by atoms with van der Waals surface area (Å²) in [5.41, 5.74) is 5.41. The van der Waals surface area contributed by atoms with Crippen molar-refractivity contribution in [3.8, 4) is 5.75 Å². The van der Waals surface area contributed by atoms with E-state index in [1.165, 1.54) is 0 Å². The molecule has 7 heteroatoms. The number of hydrogen-bond donors (Lipinski definition) is 1. The Labute approximate surface area is 191 Å². The fraction of sp³-hybridized carbons (Fsp3) is 0.120. The number of nitrogens with one attached hydrogen (secondary N) is 1. The first kappa shape index (κ1) is 20.1. The van der Waals surface area contributed by atoms with E-state index in [2.05, 4.69) is 10.3 Å². The predicted molar refractivity (Wildman–Crippen MR) is 131 cm³/mol. The number of hydrogen-bond acceptors (Lipinski definition) is 5. The van der Waals surface area contributed by atoms with Crippen molar-refractivity contribution in [1.82, 2.24) is 15.0 Å². The second kappa shape index (κ2) is 8.72.